The SMILES string of the molecule is CCOc1ccc(NC(=O)/C(C#N)=C\c2cccc3c2OCCO3)cc1. The number of ether oxygens (including phenoxy) is 3. The summed E-state index contributed by atoms with van der Waals surface area (Å²) in [6.07, 6.45) is 1.50. The Hall–Kier alpha value is -3.46. The van der Waals surface area contributed by atoms with Crippen LogP contribution in [0.15, 0.2) is 48.0 Å². The van der Waals surface area contributed by atoms with E-state index in [1.165, 1.54) is 6.08 Å². The van der Waals surface area contributed by atoms with Crippen molar-refractivity contribution in [1.29, 1.82) is 5.26 Å². The second-order valence-corrected chi connectivity index (χ2v) is 5.45. The van der Waals surface area contributed by atoms with Crippen LogP contribution < -0.4 is 19.5 Å². The molecule has 0 saturated carbocycles. The van der Waals surface area contributed by atoms with Crippen LogP contribution in [0.4, 0.5) is 5.69 Å². The first-order valence-electron chi connectivity index (χ1n) is 8.26. The molecule has 1 aliphatic rings. The maximum atomic E-state index is 12.4. The van der Waals surface area contributed by atoms with Gasteiger partial charge in [0.15, 0.2) is 11.5 Å². The van der Waals surface area contributed by atoms with Crippen LogP contribution in [0.3, 0.4) is 0 Å². The molecule has 0 saturated heterocycles. The van der Waals surface area contributed by atoms with Gasteiger partial charge in [0.1, 0.15) is 30.6 Å². The molecule has 0 bridgehead atoms. The van der Waals surface area contributed by atoms with Crippen molar-refractivity contribution < 1.29 is 19.0 Å². The molecule has 1 aliphatic heterocycles. The number of anilines is 1. The molecule has 0 spiro atoms. The predicted octanol–water partition coefficient (Wildman–Crippen LogP) is 3.40. The van der Waals surface area contributed by atoms with E-state index >= 15 is 0 Å². The lowest BCUT2D eigenvalue weighted by Gasteiger charge is -2.19. The van der Waals surface area contributed by atoms with Crippen molar-refractivity contribution in [3.63, 3.8) is 0 Å². The summed E-state index contributed by atoms with van der Waals surface area (Å²) in [7, 11) is 0. The van der Waals surface area contributed by atoms with Gasteiger partial charge < -0.3 is 19.5 Å². The number of nitrogens with one attached hydrogen (secondary N) is 1. The fourth-order valence-corrected chi connectivity index (χ4v) is 2.51. The molecule has 26 heavy (non-hydrogen) atoms. The highest BCUT2D eigenvalue weighted by Gasteiger charge is 2.17. The lowest BCUT2D eigenvalue weighted by Crippen LogP contribution is -2.16. The van der Waals surface area contributed by atoms with Crippen LogP contribution in [0, 0.1) is 11.3 Å². The standard InChI is InChI=1S/C20H18N2O4/c1-2-24-17-8-6-16(7-9-17)22-20(23)15(13-21)12-14-4-3-5-18-19(14)26-11-10-25-18/h3-9,12H,2,10-11H2,1H3,(H,22,23)/b15-12-. The fourth-order valence-electron chi connectivity index (χ4n) is 2.51. The third kappa shape index (κ3) is 3.95. The number of fused-ring (bicyclic) bond motifs is 1. The molecule has 2 aromatic carbocycles. The number of hydrogen-bond donors (Lipinski definition) is 1. The van der Waals surface area contributed by atoms with Crippen LogP contribution in [0.2, 0.25) is 0 Å². The van der Waals surface area contributed by atoms with Gasteiger partial charge in [0, 0.05) is 11.3 Å². The van der Waals surface area contributed by atoms with Gasteiger partial charge in [-0.15, -0.1) is 0 Å². The minimum atomic E-state index is -0.494. The summed E-state index contributed by atoms with van der Waals surface area (Å²) in [5.74, 6) is 1.37. The lowest BCUT2D eigenvalue weighted by atomic mass is 10.1. The molecule has 132 valence electrons. The fraction of sp³-hybridized carbons (Fsp3) is 0.200. The van der Waals surface area contributed by atoms with E-state index < -0.39 is 5.91 Å². The number of para-hydroxylation sites is 1. The number of nitriles is 1. The van der Waals surface area contributed by atoms with Gasteiger partial charge in [-0.25, -0.2) is 0 Å². The summed E-state index contributed by atoms with van der Waals surface area (Å²) in [4.78, 5) is 12.4. The summed E-state index contributed by atoms with van der Waals surface area (Å²) < 4.78 is 16.5. The van der Waals surface area contributed by atoms with Gasteiger partial charge in [-0.3, -0.25) is 4.79 Å². The number of hydrogen-bond acceptors (Lipinski definition) is 5. The Morgan fingerprint density at radius 1 is 1.23 bits per heavy atom. The van der Waals surface area contributed by atoms with Crippen molar-refractivity contribution in [1.82, 2.24) is 0 Å². The third-order valence-corrected chi connectivity index (χ3v) is 3.68. The van der Waals surface area contributed by atoms with Crippen LogP contribution in [0.1, 0.15) is 12.5 Å². The molecule has 3 rings (SSSR count). The quantitative estimate of drug-likeness (QED) is 0.660. The van der Waals surface area contributed by atoms with Crippen molar-refractivity contribution in [3.8, 4) is 23.3 Å². The van der Waals surface area contributed by atoms with Crippen molar-refractivity contribution in [2.24, 2.45) is 0 Å². The molecule has 2 aromatic rings. The Labute approximate surface area is 151 Å². The van der Waals surface area contributed by atoms with Crippen molar-refractivity contribution in [2.75, 3.05) is 25.1 Å². The minimum absolute atomic E-state index is 0.0264. The summed E-state index contributed by atoms with van der Waals surface area (Å²) in [5.41, 5.74) is 1.18. The van der Waals surface area contributed by atoms with E-state index in [0.29, 0.717) is 42.6 Å². The molecule has 1 amide bonds. The summed E-state index contributed by atoms with van der Waals surface area (Å²) in [6.45, 7) is 3.37. The van der Waals surface area contributed by atoms with Gasteiger partial charge >= 0.3 is 0 Å². The zero-order valence-corrected chi connectivity index (χ0v) is 14.3. The van der Waals surface area contributed by atoms with E-state index in [1.54, 1.807) is 42.5 Å². The lowest BCUT2D eigenvalue weighted by molar-refractivity contribution is -0.112. The third-order valence-electron chi connectivity index (χ3n) is 3.68. The highest BCUT2D eigenvalue weighted by molar-refractivity contribution is 6.09. The molecule has 0 atom stereocenters. The monoisotopic (exact) mass is 350 g/mol. The molecule has 1 N–H and O–H groups in total. The van der Waals surface area contributed by atoms with Gasteiger partial charge in [0.25, 0.3) is 5.91 Å². The van der Waals surface area contributed by atoms with Crippen LogP contribution in [0.5, 0.6) is 17.2 Å². The first-order valence-corrected chi connectivity index (χ1v) is 8.26. The van der Waals surface area contributed by atoms with Gasteiger partial charge in [-0.2, -0.15) is 5.26 Å². The number of amides is 1. The second-order valence-electron chi connectivity index (χ2n) is 5.45. The highest BCUT2D eigenvalue weighted by Crippen LogP contribution is 2.34. The number of rotatable bonds is 5. The van der Waals surface area contributed by atoms with E-state index in [9.17, 15) is 10.1 Å². The zero-order valence-electron chi connectivity index (χ0n) is 14.3. The maximum absolute atomic E-state index is 12.4. The molecule has 0 unspecified atom stereocenters. The smallest absolute Gasteiger partial charge is 0.266 e. The molecule has 0 aromatic heterocycles. The highest BCUT2D eigenvalue weighted by atomic mass is 16.6. The van der Waals surface area contributed by atoms with Crippen molar-refractivity contribution >= 4 is 17.7 Å². The average Bonchev–Trinajstić information content (AvgIpc) is 2.68. The van der Waals surface area contributed by atoms with Gasteiger partial charge in [0.05, 0.1) is 6.61 Å². The molecule has 6 nitrogen and oxygen atoms in total. The van der Waals surface area contributed by atoms with Crippen LogP contribution in [-0.4, -0.2) is 25.7 Å². The maximum Gasteiger partial charge on any atom is 0.266 e. The molecule has 0 fully saturated rings. The van der Waals surface area contributed by atoms with Crippen molar-refractivity contribution in [3.05, 3.63) is 53.6 Å². The van der Waals surface area contributed by atoms with E-state index in [4.69, 9.17) is 14.2 Å². The van der Waals surface area contributed by atoms with E-state index in [1.807, 2.05) is 13.0 Å². The molecule has 0 radical (unpaired) electrons. The number of carbonyl (C=O) groups excluding carboxylic acids is 1. The van der Waals surface area contributed by atoms with E-state index in [-0.39, 0.29) is 5.57 Å². The van der Waals surface area contributed by atoms with Crippen LogP contribution in [0.25, 0.3) is 6.08 Å². The Kier molecular flexibility index (Phi) is 5.40. The average molecular weight is 350 g/mol. The number of nitrogens with zero attached hydrogens (tertiary/aromatic N) is 1. The zero-order chi connectivity index (χ0) is 18.4. The Morgan fingerprint density at radius 3 is 2.73 bits per heavy atom. The molecule has 1 heterocycles. The predicted molar refractivity (Wildman–Crippen MR) is 97.3 cm³/mol. The van der Waals surface area contributed by atoms with Crippen LogP contribution in [-0.2, 0) is 4.79 Å². The van der Waals surface area contributed by atoms with Gasteiger partial charge in [-0.05, 0) is 43.3 Å². The molecule has 0 aliphatic carbocycles. The van der Waals surface area contributed by atoms with E-state index in [0.717, 1.165) is 5.75 Å². The molecular weight excluding hydrogens is 332 g/mol. The van der Waals surface area contributed by atoms with Gasteiger partial charge in [-0.1, -0.05) is 12.1 Å². The van der Waals surface area contributed by atoms with Crippen LogP contribution >= 0.6 is 0 Å². The Bertz CT molecular complexity index is 866. The first kappa shape index (κ1) is 17.4. The van der Waals surface area contributed by atoms with Crippen molar-refractivity contribution in [2.45, 2.75) is 6.92 Å². The summed E-state index contributed by atoms with van der Waals surface area (Å²) in [6, 6.07) is 14.2. The van der Waals surface area contributed by atoms with E-state index in [2.05, 4.69) is 5.32 Å². The first-order chi connectivity index (χ1) is 12.7. The molecular formula is C20H18N2O4. The topological polar surface area (TPSA) is 80.6 Å². The summed E-state index contributed by atoms with van der Waals surface area (Å²) >= 11 is 0. The second kappa shape index (κ2) is 8.08. The largest absolute Gasteiger partial charge is 0.494 e. The number of benzene rings is 2. The van der Waals surface area contributed by atoms with Gasteiger partial charge in [0.2, 0.25) is 0 Å². The molecule has 6 heteroatoms. The normalized spacial score (nSPS) is 12.8. The minimum Gasteiger partial charge on any atom is -0.494 e. The Balaban J connectivity index is 1.79. The number of carbonyl (C=O) groups is 1. The summed E-state index contributed by atoms with van der Waals surface area (Å²) in [5, 5.41) is 12.1. The Morgan fingerprint density at radius 2 is 2.00 bits per heavy atom.